The van der Waals surface area contributed by atoms with Crippen LogP contribution in [0.4, 0.5) is 5.69 Å². The number of carbonyl (C=O) groups excluding carboxylic acids is 1. The van der Waals surface area contributed by atoms with Gasteiger partial charge < -0.3 is 15.2 Å². The molecule has 2 fully saturated rings. The third kappa shape index (κ3) is 2.91. The minimum atomic E-state index is -0.346. The number of hydrogen-bond acceptors (Lipinski definition) is 4. The number of carbonyl (C=O) groups is 1. The lowest BCUT2D eigenvalue weighted by molar-refractivity contribution is -0.0598. The van der Waals surface area contributed by atoms with Gasteiger partial charge in [-0.05, 0) is 44.2 Å². The van der Waals surface area contributed by atoms with Crippen LogP contribution in [-0.2, 0) is 9.47 Å². The van der Waals surface area contributed by atoms with Crippen molar-refractivity contribution >= 4 is 11.7 Å². The average Bonchev–Trinajstić information content (AvgIpc) is 3.07. The van der Waals surface area contributed by atoms with Gasteiger partial charge >= 0.3 is 5.97 Å². The first-order valence-electron chi connectivity index (χ1n) is 7.80. The predicted molar refractivity (Wildman–Crippen MR) is 81.2 cm³/mol. The fraction of sp³-hybridized carbons (Fsp3) is 0.588. The van der Waals surface area contributed by atoms with Crippen molar-refractivity contribution in [2.24, 2.45) is 0 Å². The number of aryl methyl sites for hydroxylation is 1. The highest BCUT2D eigenvalue weighted by atomic mass is 16.6. The summed E-state index contributed by atoms with van der Waals surface area (Å²) in [6.45, 7) is 2.20. The van der Waals surface area contributed by atoms with E-state index in [1.165, 1.54) is 12.8 Å². The molecule has 2 aliphatic rings. The first-order valence-corrected chi connectivity index (χ1v) is 7.80. The van der Waals surface area contributed by atoms with E-state index in [9.17, 15) is 4.79 Å². The van der Waals surface area contributed by atoms with Crippen LogP contribution in [0.3, 0.4) is 0 Å². The molecule has 3 rings (SSSR count). The standard InChI is InChI=1S/C17H23NO3/c1-12-5-4-6-14(18)15(12)16(19)20-11-13-7-10-17(21-13)8-2-3-9-17/h4-6,13H,2-3,7-11,18H2,1H3. The molecule has 0 amide bonds. The van der Waals surface area contributed by atoms with Crippen molar-refractivity contribution in [2.45, 2.75) is 57.2 Å². The molecule has 1 heterocycles. The summed E-state index contributed by atoms with van der Waals surface area (Å²) in [6, 6.07) is 5.43. The smallest absolute Gasteiger partial charge is 0.340 e. The maximum absolute atomic E-state index is 12.2. The van der Waals surface area contributed by atoms with Crippen molar-refractivity contribution in [3.05, 3.63) is 29.3 Å². The number of nitrogens with two attached hydrogens (primary N) is 1. The average molecular weight is 289 g/mol. The Hall–Kier alpha value is -1.55. The quantitative estimate of drug-likeness (QED) is 0.685. The number of ether oxygens (including phenoxy) is 2. The highest BCUT2D eigenvalue weighted by Gasteiger charge is 2.42. The van der Waals surface area contributed by atoms with Crippen molar-refractivity contribution in [1.82, 2.24) is 0 Å². The Morgan fingerprint density at radius 2 is 2.14 bits per heavy atom. The Morgan fingerprint density at radius 1 is 1.38 bits per heavy atom. The van der Waals surface area contributed by atoms with E-state index in [1.807, 2.05) is 19.1 Å². The summed E-state index contributed by atoms with van der Waals surface area (Å²) in [5.74, 6) is -0.346. The molecule has 1 atom stereocenters. The van der Waals surface area contributed by atoms with Crippen LogP contribution < -0.4 is 5.73 Å². The van der Waals surface area contributed by atoms with Crippen LogP contribution in [0.25, 0.3) is 0 Å². The number of esters is 1. The van der Waals surface area contributed by atoms with Crippen LogP contribution >= 0.6 is 0 Å². The van der Waals surface area contributed by atoms with Gasteiger partial charge in [0.15, 0.2) is 0 Å². The summed E-state index contributed by atoms with van der Waals surface area (Å²) in [5.41, 5.74) is 7.75. The number of rotatable bonds is 3. The second kappa shape index (κ2) is 5.68. The van der Waals surface area contributed by atoms with E-state index >= 15 is 0 Å². The summed E-state index contributed by atoms with van der Waals surface area (Å²) < 4.78 is 11.6. The number of hydrogen-bond donors (Lipinski definition) is 1. The van der Waals surface area contributed by atoms with E-state index in [-0.39, 0.29) is 17.7 Å². The van der Waals surface area contributed by atoms with Crippen LogP contribution in [0.2, 0.25) is 0 Å². The summed E-state index contributed by atoms with van der Waals surface area (Å²) in [4.78, 5) is 12.2. The van der Waals surface area contributed by atoms with Crippen molar-refractivity contribution in [2.75, 3.05) is 12.3 Å². The Morgan fingerprint density at radius 3 is 2.86 bits per heavy atom. The maximum Gasteiger partial charge on any atom is 0.340 e. The second-order valence-corrected chi connectivity index (χ2v) is 6.31. The lowest BCUT2D eigenvalue weighted by Gasteiger charge is -2.23. The lowest BCUT2D eigenvalue weighted by atomic mass is 9.98. The third-order valence-corrected chi connectivity index (χ3v) is 4.76. The van der Waals surface area contributed by atoms with Crippen LogP contribution in [-0.4, -0.2) is 24.3 Å². The van der Waals surface area contributed by atoms with Crippen LogP contribution in [0.1, 0.15) is 54.4 Å². The van der Waals surface area contributed by atoms with Crippen molar-refractivity contribution < 1.29 is 14.3 Å². The van der Waals surface area contributed by atoms with E-state index in [2.05, 4.69) is 0 Å². The molecule has 21 heavy (non-hydrogen) atoms. The molecule has 0 radical (unpaired) electrons. The number of anilines is 1. The molecule has 1 saturated heterocycles. The maximum atomic E-state index is 12.2. The Labute approximate surface area is 125 Å². The minimum Gasteiger partial charge on any atom is -0.459 e. The normalized spacial score (nSPS) is 23.6. The predicted octanol–water partition coefficient (Wildman–Crippen LogP) is 3.23. The molecule has 4 nitrogen and oxygen atoms in total. The number of benzene rings is 1. The topological polar surface area (TPSA) is 61.6 Å². The van der Waals surface area contributed by atoms with Crippen LogP contribution in [0.15, 0.2) is 18.2 Å². The molecule has 1 saturated carbocycles. The second-order valence-electron chi connectivity index (χ2n) is 6.31. The van der Waals surface area contributed by atoms with Crippen molar-refractivity contribution in [3.8, 4) is 0 Å². The highest BCUT2D eigenvalue weighted by molar-refractivity contribution is 5.96. The Bertz CT molecular complexity index is 515. The molecule has 114 valence electrons. The zero-order valence-corrected chi connectivity index (χ0v) is 12.6. The molecule has 1 aliphatic carbocycles. The van der Waals surface area contributed by atoms with E-state index in [0.717, 1.165) is 31.2 Å². The molecule has 2 N–H and O–H groups in total. The van der Waals surface area contributed by atoms with Gasteiger partial charge in [0.2, 0.25) is 0 Å². The van der Waals surface area contributed by atoms with Gasteiger partial charge in [0, 0.05) is 5.69 Å². The van der Waals surface area contributed by atoms with E-state index in [4.69, 9.17) is 15.2 Å². The Kier molecular flexibility index (Phi) is 3.89. The monoisotopic (exact) mass is 289 g/mol. The fourth-order valence-corrected chi connectivity index (χ4v) is 3.61. The van der Waals surface area contributed by atoms with Gasteiger partial charge in [0.25, 0.3) is 0 Å². The molecule has 1 aromatic carbocycles. The largest absolute Gasteiger partial charge is 0.459 e. The van der Waals surface area contributed by atoms with Gasteiger partial charge in [-0.25, -0.2) is 4.79 Å². The first kappa shape index (κ1) is 14.4. The van der Waals surface area contributed by atoms with Gasteiger partial charge in [-0.2, -0.15) is 0 Å². The van der Waals surface area contributed by atoms with E-state index in [1.54, 1.807) is 6.07 Å². The summed E-state index contributed by atoms with van der Waals surface area (Å²) in [6.07, 6.45) is 6.94. The fourth-order valence-electron chi connectivity index (χ4n) is 3.61. The van der Waals surface area contributed by atoms with Crippen LogP contribution in [0, 0.1) is 6.92 Å². The summed E-state index contributed by atoms with van der Waals surface area (Å²) in [7, 11) is 0. The molecule has 1 unspecified atom stereocenters. The molecule has 1 aromatic rings. The molecular weight excluding hydrogens is 266 g/mol. The van der Waals surface area contributed by atoms with Gasteiger partial charge in [-0.1, -0.05) is 25.0 Å². The SMILES string of the molecule is Cc1cccc(N)c1C(=O)OCC1CCC2(CCCC2)O1. The first-order chi connectivity index (χ1) is 10.1. The Balaban J connectivity index is 1.57. The molecule has 1 spiro atoms. The van der Waals surface area contributed by atoms with Crippen molar-refractivity contribution in [3.63, 3.8) is 0 Å². The number of nitrogen functional groups attached to an aromatic ring is 1. The zero-order valence-electron chi connectivity index (χ0n) is 12.6. The van der Waals surface area contributed by atoms with Gasteiger partial charge in [-0.15, -0.1) is 0 Å². The molecule has 4 heteroatoms. The van der Waals surface area contributed by atoms with Gasteiger partial charge in [0.1, 0.15) is 6.61 Å². The third-order valence-electron chi connectivity index (χ3n) is 4.76. The van der Waals surface area contributed by atoms with Gasteiger partial charge in [0.05, 0.1) is 17.3 Å². The minimum absolute atomic E-state index is 0.0392. The summed E-state index contributed by atoms with van der Waals surface area (Å²) >= 11 is 0. The highest BCUT2D eigenvalue weighted by Crippen LogP contribution is 2.43. The molecule has 0 aromatic heterocycles. The molecule has 1 aliphatic heterocycles. The summed E-state index contributed by atoms with van der Waals surface area (Å²) in [5, 5.41) is 0. The van der Waals surface area contributed by atoms with Crippen LogP contribution in [0.5, 0.6) is 0 Å². The van der Waals surface area contributed by atoms with Crippen molar-refractivity contribution in [1.29, 1.82) is 0 Å². The van der Waals surface area contributed by atoms with Gasteiger partial charge in [-0.3, -0.25) is 0 Å². The molecular formula is C17H23NO3. The lowest BCUT2D eigenvalue weighted by Crippen LogP contribution is -2.27. The molecule has 0 bridgehead atoms. The van der Waals surface area contributed by atoms with E-state index in [0.29, 0.717) is 17.9 Å². The van der Waals surface area contributed by atoms with E-state index < -0.39 is 0 Å². The zero-order chi connectivity index (χ0) is 14.9.